The van der Waals surface area contributed by atoms with Gasteiger partial charge in [-0.05, 0) is 74.4 Å². The van der Waals surface area contributed by atoms with Gasteiger partial charge in [0, 0.05) is 42.8 Å². The molecule has 2 N–H and O–H groups in total. The van der Waals surface area contributed by atoms with Crippen molar-refractivity contribution >= 4 is 28.9 Å². The van der Waals surface area contributed by atoms with Crippen LogP contribution in [0.5, 0.6) is 0 Å². The van der Waals surface area contributed by atoms with Gasteiger partial charge in [-0.2, -0.15) is 0 Å². The maximum Gasteiger partial charge on any atom is 0.226 e. The van der Waals surface area contributed by atoms with Gasteiger partial charge in [0.15, 0.2) is 5.11 Å². The van der Waals surface area contributed by atoms with Gasteiger partial charge in [-0.1, -0.05) is 54.1 Å². The van der Waals surface area contributed by atoms with Crippen LogP contribution < -0.4 is 10.6 Å². The van der Waals surface area contributed by atoms with Crippen molar-refractivity contribution in [3.63, 3.8) is 0 Å². The number of rotatable bonds is 8. The molecule has 6 nitrogen and oxygen atoms in total. The second-order valence-electron chi connectivity index (χ2n) is 9.88. The summed E-state index contributed by atoms with van der Waals surface area (Å²) >= 11 is 5.83. The van der Waals surface area contributed by atoms with Crippen LogP contribution in [-0.2, 0) is 11.3 Å². The number of carbonyl (C=O) groups excluding carboxylic acids is 1. The predicted molar refractivity (Wildman–Crippen MR) is 156 cm³/mol. The van der Waals surface area contributed by atoms with E-state index >= 15 is 0 Å². The highest BCUT2D eigenvalue weighted by atomic mass is 32.1. The van der Waals surface area contributed by atoms with Gasteiger partial charge in [0.1, 0.15) is 0 Å². The van der Waals surface area contributed by atoms with Crippen LogP contribution in [0.25, 0.3) is 0 Å². The van der Waals surface area contributed by atoms with Gasteiger partial charge >= 0.3 is 0 Å². The van der Waals surface area contributed by atoms with Crippen LogP contribution in [0.4, 0.5) is 5.69 Å². The van der Waals surface area contributed by atoms with Crippen LogP contribution in [0.2, 0.25) is 0 Å². The average Bonchev–Trinajstić information content (AvgIpc) is 3.40. The molecular weight excluding hydrogens is 490 g/mol. The topological polar surface area (TPSA) is 62.2 Å². The minimum Gasteiger partial charge on any atom is -0.352 e. The van der Waals surface area contributed by atoms with Crippen molar-refractivity contribution in [1.82, 2.24) is 19.8 Å². The molecule has 2 atom stereocenters. The van der Waals surface area contributed by atoms with Crippen molar-refractivity contribution in [2.24, 2.45) is 0 Å². The zero-order valence-corrected chi connectivity index (χ0v) is 22.8. The molecule has 7 heteroatoms. The first-order valence-corrected chi connectivity index (χ1v) is 13.4. The third kappa shape index (κ3) is 5.48. The van der Waals surface area contributed by atoms with E-state index in [-0.39, 0.29) is 18.0 Å². The molecular formula is C31H33N5OS. The van der Waals surface area contributed by atoms with Crippen molar-refractivity contribution in [3.05, 3.63) is 119 Å². The molecule has 1 aliphatic rings. The van der Waals surface area contributed by atoms with Gasteiger partial charge in [-0.3, -0.25) is 9.78 Å². The molecule has 1 amide bonds. The Balaban J connectivity index is 1.42. The van der Waals surface area contributed by atoms with Crippen LogP contribution in [0.1, 0.15) is 52.3 Å². The molecule has 1 fully saturated rings. The van der Waals surface area contributed by atoms with E-state index in [0.29, 0.717) is 18.1 Å². The van der Waals surface area contributed by atoms with E-state index in [0.717, 1.165) is 23.5 Å². The van der Waals surface area contributed by atoms with Gasteiger partial charge in [0.05, 0.1) is 17.8 Å². The van der Waals surface area contributed by atoms with E-state index in [1.807, 2.05) is 61.7 Å². The monoisotopic (exact) mass is 523 g/mol. The molecule has 0 unspecified atom stereocenters. The molecule has 0 radical (unpaired) electrons. The number of benzene rings is 2. The van der Waals surface area contributed by atoms with E-state index in [9.17, 15) is 4.79 Å². The van der Waals surface area contributed by atoms with Crippen molar-refractivity contribution < 1.29 is 4.79 Å². The molecule has 1 aliphatic heterocycles. The number of amides is 1. The Kier molecular flexibility index (Phi) is 7.56. The van der Waals surface area contributed by atoms with Crippen molar-refractivity contribution in [1.29, 1.82) is 0 Å². The van der Waals surface area contributed by atoms with Crippen molar-refractivity contribution in [3.8, 4) is 0 Å². The number of carbonyl (C=O) groups is 1. The Bertz CT molecular complexity index is 1420. The number of hydrogen-bond donors (Lipinski definition) is 2. The normalized spacial score (nSPS) is 16.9. The first-order chi connectivity index (χ1) is 18.4. The summed E-state index contributed by atoms with van der Waals surface area (Å²) in [4.78, 5) is 19.7. The van der Waals surface area contributed by atoms with Crippen LogP contribution in [0.15, 0.2) is 85.1 Å². The summed E-state index contributed by atoms with van der Waals surface area (Å²) in [5.74, 6) is -0.0359. The molecule has 0 bridgehead atoms. The third-order valence-corrected chi connectivity index (χ3v) is 7.58. The summed E-state index contributed by atoms with van der Waals surface area (Å²) in [5, 5.41) is 7.16. The summed E-state index contributed by atoms with van der Waals surface area (Å²) in [6, 6.07) is 26.3. The zero-order valence-electron chi connectivity index (χ0n) is 22.0. The highest BCUT2D eigenvalue weighted by Crippen LogP contribution is 2.41. The van der Waals surface area contributed by atoms with E-state index in [1.54, 1.807) is 0 Å². The molecule has 3 heterocycles. The molecule has 0 aliphatic carbocycles. The number of nitrogens with one attached hydrogen (secondary N) is 2. The SMILES string of the molecule is Cc1ccc(NC(=O)CCN2C(=S)N[C@@H](c3ccccn3)[C@H]2c2cc(C)n(Cc3ccccc3)c2C)cc1. The number of anilines is 1. The molecule has 4 aromatic rings. The molecule has 194 valence electrons. The first kappa shape index (κ1) is 25.7. The van der Waals surface area contributed by atoms with Gasteiger partial charge in [0.25, 0.3) is 0 Å². The number of aromatic nitrogens is 2. The first-order valence-electron chi connectivity index (χ1n) is 13.0. The Hall–Kier alpha value is -3.97. The highest BCUT2D eigenvalue weighted by Gasteiger charge is 2.41. The lowest BCUT2D eigenvalue weighted by atomic mass is 9.96. The van der Waals surface area contributed by atoms with Crippen LogP contribution in [0.3, 0.4) is 0 Å². The fraction of sp³-hybridized carbons (Fsp3) is 0.258. The van der Waals surface area contributed by atoms with E-state index in [1.165, 1.54) is 22.5 Å². The van der Waals surface area contributed by atoms with Crippen LogP contribution in [0, 0.1) is 20.8 Å². The lowest BCUT2D eigenvalue weighted by Gasteiger charge is -2.28. The lowest BCUT2D eigenvalue weighted by Crippen LogP contribution is -2.33. The highest BCUT2D eigenvalue weighted by molar-refractivity contribution is 7.80. The minimum atomic E-state index is -0.116. The fourth-order valence-electron chi connectivity index (χ4n) is 5.20. The maximum absolute atomic E-state index is 12.9. The van der Waals surface area contributed by atoms with Crippen LogP contribution >= 0.6 is 12.2 Å². The van der Waals surface area contributed by atoms with E-state index in [4.69, 9.17) is 12.2 Å². The largest absolute Gasteiger partial charge is 0.352 e. The molecule has 38 heavy (non-hydrogen) atoms. The standard InChI is InChI=1S/C31H33N5OS/c1-21-12-14-25(15-13-21)33-28(37)16-18-35-30(29(34-31(35)38)27-11-7-8-17-32-27)26-19-22(2)36(23(26)3)20-24-9-5-4-6-10-24/h4-15,17,19,29-30H,16,18,20H2,1-3H3,(H,33,37)(H,34,38)/t29-,30+/m0/s1. The number of hydrogen-bond acceptors (Lipinski definition) is 3. The smallest absolute Gasteiger partial charge is 0.226 e. The Morgan fingerprint density at radius 2 is 1.74 bits per heavy atom. The molecule has 0 saturated carbocycles. The predicted octanol–water partition coefficient (Wildman–Crippen LogP) is 5.86. The van der Waals surface area contributed by atoms with Crippen LogP contribution in [-0.4, -0.2) is 32.0 Å². The summed E-state index contributed by atoms with van der Waals surface area (Å²) in [6.07, 6.45) is 2.14. The zero-order chi connectivity index (χ0) is 26.6. The summed E-state index contributed by atoms with van der Waals surface area (Å²) in [5.41, 5.74) is 7.72. The van der Waals surface area contributed by atoms with E-state index < -0.39 is 0 Å². The second-order valence-corrected chi connectivity index (χ2v) is 10.3. The summed E-state index contributed by atoms with van der Waals surface area (Å²) < 4.78 is 2.35. The molecule has 2 aromatic heterocycles. The fourth-order valence-corrected chi connectivity index (χ4v) is 5.54. The molecule has 2 aromatic carbocycles. The van der Waals surface area contributed by atoms with Crippen molar-refractivity contribution in [2.75, 3.05) is 11.9 Å². The van der Waals surface area contributed by atoms with Gasteiger partial charge in [0.2, 0.25) is 5.91 Å². The number of thiocarbonyl (C=S) groups is 1. The maximum atomic E-state index is 12.9. The lowest BCUT2D eigenvalue weighted by molar-refractivity contribution is -0.116. The molecule has 1 saturated heterocycles. The second kappa shape index (κ2) is 11.2. The van der Waals surface area contributed by atoms with E-state index in [2.05, 4.69) is 69.3 Å². The Morgan fingerprint density at radius 1 is 1.00 bits per heavy atom. The summed E-state index contributed by atoms with van der Waals surface area (Å²) in [7, 11) is 0. The minimum absolute atomic E-state index is 0.0359. The number of pyridine rings is 1. The van der Waals surface area contributed by atoms with Gasteiger partial charge in [-0.25, -0.2) is 0 Å². The Morgan fingerprint density at radius 3 is 2.45 bits per heavy atom. The quantitative estimate of drug-likeness (QED) is 0.283. The average molecular weight is 524 g/mol. The Labute approximate surface area is 229 Å². The number of aryl methyl sites for hydroxylation is 2. The number of nitrogens with zero attached hydrogens (tertiary/aromatic N) is 3. The third-order valence-electron chi connectivity index (χ3n) is 7.23. The van der Waals surface area contributed by atoms with Gasteiger partial charge < -0.3 is 20.1 Å². The van der Waals surface area contributed by atoms with Gasteiger partial charge in [-0.15, -0.1) is 0 Å². The molecule has 5 rings (SSSR count). The summed E-state index contributed by atoms with van der Waals surface area (Å²) in [6.45, 7) is 7.65. The molecule has 0 spiro atoms. The van der Waals surface area contributed by atoms with Crippen molar-refractivity contribution in [2.45, 2.75) is 45.8 Å².